The second-order valence-corrected chi connectivity index (χ2v) is 8.45. The fraction of sp³-hybridized carbons (Fsp3) is 0.875. The van der Waals surface area contributed by atoms with Gasteiger partial charge in [0, 0.05) is 11.8 Å². The van der Waals surface area contributed by atoms with Gasteiger partial charge in [-0.25, -0.2) is 0 Å². The van der Waals surface area contributed by atoms with E-state index in [4.69, 9.17) is 0 Å². The van der Waals surface area contributed by atoms with Crippen molar-refractivity contribution in [2.75, 3.05) is 0 Å². The van der Waals surface area contributed by atoms with Gasteiger partial charge in [-0.2, -0.15) is 5.26 Å². The van der Waals surface area contributed by atoms with E-state index < -0.39 is 0 Å². The number of nitriles is 1. The van der Waals surface area contributed by atoms with Crippen LogP contribution in [0.3, 0.4) is 0 Å². The van der Waals surface area contributed by atoms with E-state index in [1.165, 1.54) is 0 Å². The minimum Gasteiger partial charge on any atom is -0.299 e. The third-order valence-corrected chi connectivity index (χ3v) is 5.58. The molecule has 0 heterocycles. The van der Waals surface area contributed by atoms with E-state index in [1.807, 2.05) is 0 Å². The highest BCUT2D eigenvalue weighted by molar-refractivity contribution is 5.88. The zero-order chi connectivity index (χ0) is 14.0. The molecule has 2 aliphatic carbocycles. The molecule has 0 N–H and O–H groups in total. The lowest BCUT2D eigenvalue weighted by atomic mass is 9.34. The third-order valence-electron chi connectivity index (χ3n) is 5.58. The van der Waals surface area contributed by atoms with Crippen molar-refractivity contribution >= 4 is 5.78 Å². The van der Waals surface area contributed by atoms with Gasteiger partial charge in [0.15, 0.2) is 0 Å². The zero-order valence-corrected chi connectivity index (χ0v) is 12.6. The molecule has 2 heteroatoms. The molecule has 0 radical (unpaired) electrons. The summed E-state index contributed by atoms with van der Waals surface area (Å²) in [5.74, 6) is 0.602. The minimum absolute atomic E-state index is 0.0506. The first-order valence-electron chi connectivity index (χ1n) is 6.93. The Labute approximate surface area is 111 Å². The number of rotatable bonds is 0. The Hall–Kier alpha value is -0.840. The van der Waals surface area contributed by atoms with Crippen LogP contribution in [-0.2, 0) is 4.79 Å². The quantitative estimate of drug-likeness (QED) is 0.650. The van der Waals surface area contributed by atoms with Crippen LogP contribution in [-0.4, -0.2) is 5.78 Å². The maximum Gasteiger partial charge on any atom is 0.139 e. The first-order chi connectivity index (χ1) is 7.98. The predicted octanol–water partition coefficient (Wildman–Crippen LogP) is 3.96. The van der Waals surface area contributed by atoms with Gasteiger partial charge in [-0.15, -0.1) is 0 Å². The third kappa shape index (κ3) is 1.49. The van der Waals surface area contributed by atoms with E-state index in [1.54, 1.807) is 0 Å². The van der Waals surface area contributed by atoms with E-state index in [0.29, 0.717) is 12.2 Å². The molecule has 2 saturated carbocycles. The van der Waals surface area contributed by atoms with Crippen LogP contribution in [0, 0.1) is 38.9 Å². The maximum absolute atomic E-state index is 12.4. The molecule has 3 atom stereocenters. The van der Waals surface area contributed by atoms with Crippen LogP contribution in [0.2, 0.25) is 0 Å². The van der Waals surface area contributed by atoms with Gasteiger partial charge in [-0.05, 0) is 29.6 Å². The topological polar surface area (TPSA) is 40.9 Å². The van der Waals surface area contributed by atoms with Crippen LogP contribution < -0.4 is 0 Å². The van der Waals surface area contributed by atoms with E-state index in [-0.39, 0.29) is 27.6 Å². The average Bonchev–Trinajstić information content (AvgIpc) is 2.18. The van der Waals surface area contributed by atoms with Crippen LogP contribution in [0.25, 0.3) is 0 Å². The normalized spacial score (nSPS) is 42.7. The van der Waals surface area contributed by atoms with Gasteiger partial charge in [0.05, 0.1) is 11.5 Å². The molecule has 18 heavy (non-hydrogen) atoms. The molecule has 0 aromatic heterocycles. The number of ketones is 1. The second-order valence-electron chi connectivity index (χ2n) is 8.45. The number of Topliss-reactive ketones (excluding diaryl/α,β-unsaturated/α-hetero) is 1. The van der Waals surface area contributed by atoms with Crippen molar-refractivity contribution in [3.63, 3.8) is 0 Å². The summed E-state index contributed by atoms with van der Waals surface area (Å²) in [5.41, 5.74) is -0.567. The van der Waals surface area contributed by atoms with Crippen LogP contribution in [0.1, 0.15) is 60.8 Å². The molecule has 100 valence electrons. The van der Waals surface area contributed by atoms with Crippen LogP contribution in [0.5, 0.6) is 0 Å². The summed E-state index contributed by atoms with van der Waals surface area (Å²) < 4.78 is 0. The fourth-order valence-corrected chi connectivity index (χ4v) is 4.27. The number of hydrogen-bond acceptors (Lipinski definition) is 2. The molecule has 2 rings (SSSR count). The van der Waals surface area contributed by atoms with Crippen molar-refractivity contribution in [1.29, 1.82) is 5.26 Å². The molecule has 0 saturated heterocycles. The largest absolute Gasteiger partial charge is 0.299 e. The standard InChI is InChI=1S/C16H25NO/c1-13(2,3)16(10-17)9-15(6)11(16)7-14(4,5)8-12(15)18/h11H,7-9H2,1-6H3/t11-,15-,16?/m0/s1. The molecule has 2 fully saturated rings. The highest BCUT2D eigenvalue weighted by Gasteiger charge is 2.70. The molecule has 0 amide bonds. The lowest BCUT2D eigenvalue weighted by molar-refractivity contribution is -0.190. The van der Waals surface area contributed by atoms with E-state index in [9.17, 15) is 10.1 Å². The Morgan fingerprint density at radius 3 is 2.28 bits per heavy atom. The summed E-state index contributed by atoms with van der Waals surface area (Å²) in [6, 6.07) is 2.59. The van der Waals surface area contributed by atoms with E-state index >= 15 is 0 Å². The zero-order valence-electron chi connectivity index (χ0n) is 12.6. The van der Waals surface area contributed by atoms with Crippen molar-refractivity contribution < 1.29 is 4.79 Å². The number of hydrogen-bond donors (Lipinski definition) is 0. The molecule has 2 nitrogen and oxygen atoms in total. The van der Waals surface area contributed by atoms with Crippen molar-refractivity contribution in [3.8, 4) is 6.07 Å². The van der Waals surface area contributed by atoms with Gasteiger partial charge in [-0.3, -0.25) is 4.79 Å². The van der Waals surface area contributed by atoms with Gasteiger partial charge in [-0.1, -0.05) is 41.5 Å². The summed E-state index contributed by atoms with van der Waals surface area (Å²) in [4.78, 5) is 12.4. The molecule has 0 bridgehead atoms. The van der Waals surface area contributed by atoms with E-state index in [2.05, 4.69) is 47.6 Å². The fourth-order valence-electron chi connectivity index (χ4n) is 4.27. The molecular formula is C16H25NO. The summed E-state index contributed by atoms with van der Waals surface area (Å²) in [7, 11) is 0. The molecule has 2 aliphatic rings. The minimum atomic E-state index is -0.324. The Balaban J connectivity index is 2.44. The number of carbonyl (C=O) groups is 1. The number of fused-ring (bicyclic) bond motifs is 1. The van der Waals surface area contributed by atoms with Crippen molar-refractivity contribution in [1.82, 2.24) is 0 Å². The average molecular weight is 247 g/mol. The predicted molar refractivity (Wildman–Crippen MR) is 71.7 cm³/mol. The Morgan fingerprint density at radius 2 is 1.83 bits per heavy atom. The van der Waals surface area contributed by atoms with Gasteiger partial charge >= 0.3 is 0 Å². The summed E-state index contributed by atoms with van der Waals surface area (Å²) in [6.07, 6.45) is 2.42. The number of carbonyl (C=O) groups excluding carboxylic acids is 1. The van der Waals surface area contributed by atoms with Gasteiger partial charge < -0.3 is 0 Å². The van der Waals surface area contributed by atoms with Gasteiger partial charge in [0.2, 0.25) is 0 Å². The van der Waals surface area contributed by atoms with Gasteiger partial charge in [0.1, 0.15) is 5.78 Å². The summed E-state index contributed by atoms with van der Waals surface area (Å²) in [5, 5.41) is 9.72. The lowest BCUT2D eigenvalue weighted by Crippen LogP contribution is -2.66. The van der Waals surface area contributed by atoms with Crippen LogP contribution >= 0.6 is 0 Å². The molecule has 0 aromatic carbocycles. The monoisotopic (exact) mass is 247 g/mol. The second kappa shape index (κ2) is 3.38. The Morgan fingerprint density at radius 1 is 1.28 bits per heavy atom. The Bertz CT molecular complexity index is 437. The van der Waals surface area contributed by atoms with Crippen LogP contribution in [0.15, 0.2) is 0 Å². The highest BCUT2D eigenvalue weighted by atomic mass is 16.1. The number of nitrogens with zero attached hydrogens (tertiary/aromatic N) is 1. The summed E-state index contributed by atoms with van der Waals surface area (Å²) >= 11 is 0. The summed E-state index contributed by atoms with van der Waals surface area (Å²) in [6.45, 7) is 12.8. The Kier molecular flexibility index (Phi) is 2.55. The van der Waals surface area contributed by atoms with Crippen molar-refractivity contribution in [2.24, 2.45) is 27.6 Å². The molecule has 0 spiro atoms. The first kappa shape index (κ1) is 13.6. The lowest BCUT2D eigenvalue weighted by Gasteiger charge is -2.66. The van der Waals surface area contributed by atoms with Crippen LogP contribution in [0.4, 0.5) is 0 Å². The molecule has 1 unspecified atom stereocenters. The SMILES string of the molecule is CC1(C)CC(=O)[C@@]2(C)CC(C#N)(C(C)(C)C)[C@H]2C1. The molecule has 0 aliphatic heterocycles. The van der Waals surface area contributed by atoms with Crippen molar-refractivity contribution in [2.45, 2.75) is 60.8 Å². The smallest absolute Gasteiger partial charge is 0.139 e. The van der Waals surface area contributed by atoms with Gasteiger partial charge in [0.25, 0.3) is 0 Å². The van der Waals surface area contributed by atoms with Crippen molar-refractivity contribution in [3.05, 3.63) is 0 Å². The maximum atomic E-state index is 12.4. The highest BCUT2D eigenvalue weighted by Crippen LogP contribution is 2.71. The first-order valence-corrected chi connectivity index (χ1v) is 6.93. The molecule has 0 aromatic rings. The molecular weight excluding hydrogens is 222 g/mol. The van der Waals surface area contributed by atoms with E-state index in [0.717, 1.165) is 12.8 Å².